The molecule has 118 valence electrons. The molecule has 0 aromatic heterocycles. The fourth-order valence-electron chi connectivity index (χ4n) is 2.10. The van der Waals surface area contributed by atoms with Crippen LogP contribution in [0, 0.1) is 11.6 Å². The molecule has 1 aliphatic heterocycles. The Labute approximate surface area is 142 Å². The summed E-state index contributed by atoms with van der Waals surface area (Å²) in [5, 5.41) is 4.14. The number of hydrogen-bond acceptors (Lipinski definition) is 3. The number of amidine groups is 1. The van der Waals surface area contributed by atoms with Crippen molar-refractivity contribution < 1.29 is 8.78 Å². The second-order valence-corrected chi connectivity index (χ2v) is 6.26. The van der Waals surface area contributed by atoms with Crippen LogP contribution in [-0.4, -0.2) is 27.5 Å². The Morgan fingerprint density at radius 1 is 1.13 bits per heavy atom. The molecule has 23 heavy (non-hydrogen) atoms. The standard InChI is InChI=1S/C16H13F2N3S2/c17-11-3-1-5-13(9-11)19-15(22)21-7-8-23-16(21)20-14-6-2-4-12(18)10-14/h1-6,9-10H,7-8H2,(H,19,22)/b20-16+. The first kappa shape index (κ1) is 15.9. The molecule has 1 heterocycles. The Kier molecular flexibility index (Phi) is 4.88. The molecular formula is C16H13F2N3S2. The molecule has 3 nitrogen and oxygen atoms in total. The predicted octanol–water partition coefficient (Wildman–Crippen LogP) is 4.40. The Morgan fingerprint density at radius 2 is 1.87 bits per heavy atom. The first-order valence-electron chi connectivity index (χ1n) is 6.93. The number of thiocarbonyl (C=S) groups is 1. The van der Waals surface area contributed by atoms with Gasteiger partial charge in [-0.15, -0.1) is 0 Å². The van der Waals surface area contributed by atoms with Crippen LogP contribution in [0.2, 0.25) is 0 Å². The number of nitrogens with one attached hydrogen (secondary N) is 1. The summed E-state index contributed by atoms with van der Waals surface area (Å²) in [5.41, 5.74) is 1.12. The van der Waals surface area contributed by atoms with Gasteiger partial charge in [0, 0.05) is 18.0 Å². The minimum absolute atomic E-state index is 0.331. The summed E-state index contributed by atoms with van der Waals surface area (Å²) in [5.74, 6) is 0.170. The van der Waals surface area contributed by atoms with E-state index in [1.165, 1.54) is 24.3 Å². The van der Waals surface area contributed by atoms with E-state index in [2.05, 4.69) is 10.3 Å². The number of nitrogens with zero attached hydrogens (tertiary/aromatic N) is 2. The molecule has 7 heteroatoms. The van der Waals surface area contributed by atoms with Crippen LogP contribution in [0.4, 0.5) is 20.2 Å². The molecule has 0 radical (unpaired) electrons. The highest BCUT2D eigenvalue weighted by molar-refractivity contribution is 8.14. The van der Waals surface area contributed by atoms with Gasteiger partial charge in [-0.2, -0.15) is 0 Å². The number of benzene rings is 2. The summed E-state index contributed by atoms with van der Waals surface area (Å²) in [6.07, 6.45) is 0. The zero-order chi connectivity index (χ0) is 16.2. The number of rotatable bonds is 2. The van der Waals surface area contributed by atoms with Crippen molar-refractivity contribution in [3.8, 4) is 0 Å². The van der Waals surface area contributed by atoms with Crippen LogP contribution in [0.5, 0.6) is 0 Å². The van der Waals surface area contributed by atoms with E-state index >= 15 is 0 Å². The van der Waals surface area contributed by atoms with E-state index in [0.29, 0.717) is 28.2 Å². The third-order valence-electron chi connectivity index (χ3n) is 3.13. The average Bonchev–Trinajstić information content (AvgIpc) is 2.95. The molecule has 0 aliphatic carbocycles. The number of thioether (sulfide) groups is 1. The van der Waals surface area contributed by atoms with E-state index in [0.717, 1.165) is 5.75 Å². The molecule has 0 amide bonds. The van der Waals surface area contributed by atoms with Crippen molar-refractivity contribution in [2.24, 2.45) is 4.99 Å². The van der Waals surface area contributed by atoms with Crippen LogP contribution >= 0.6 is 24.0 Å². The molecule has 0 bridgehead atoms. The maximum atomic E-state index is 13.3. The van der Waals surface area contributed by atoms with Gasteiger partial charge in [0.05, 0.1) is 5.69 Å². The molecular weight excluding hydrogens is 336 g/mol. The fraction of sp³-hybridized carbons (Fsp3) is 0.125. The Hall–Kier alpha value is -1.99. The Balaban J connectivity index is 1.77. The van der Waals surface area contributed by atoms with Gasteiger partial charge in [0.15, 0.2) is 10.3 Å². The van der Waals surface area contributed by atoms with Crippen LogP contribution in [0.25, 0.3) is 0 Å². The van der Waals surface area contributed by atoms with Crippen molar-refractivity contribution >= 4 is 45.6 Å². The van der Waals surface area contributed by atoms with Crippen LogP contribution < -0.4 is 5.32 Å². The van der Waals surface area contributed by atoms with Gasteiger partial charge in [0.25, 0.3) is 0 Å². The number of halogens is 2. The SMILES string of the molecule is Fc1cccc(/N=C2/SCCN2C(=S)Nc2cccc(F)c2)c1. The van der Waals surface area contributed by atoms with E-state index in [4.69, 9.17) is 12.2 Å². The normalized spacial score (nSPS) is 15.9. The first-order valence-corrected chi connectivity index (χ1v) is 8.32. The molecule has 0 saturated carbocycles. The minimum atomic E-state index is -0.332. The van der Waals surface area contributed by atoms with Gasteiger partial charge >= 0.3 is 0 Å². The van der Waals surface area contributed by atoms with Crippen LogP contribution in [0.3, 0.4) is 0 Å². The molecule has 2 aromatic carbocycles. The molecule has 1 fully saturated rings. The van der Waals surface area contributed by atoms with E-state index in [1.807, 2.05) is 4.90 Å². The summed E-state index contributed by atoms with van der Waals surface area (Å²) >= 11 is 6.93. The molecule has 2 aromatic rings. The third-order valence-corrected chi connectivity index (χ3v) is 4.41. The highest BCUT2D eigenvalue weighted by Gasteiger charge is 2.23. The molecule has 0 unspecified atom stereocenters. The monoisotopic (exact) mass is 349 g/mol. The van der Waals surface area contributed by atoms with Crippen molar-refractivity contribution in [2.75, 3.05) is 17.6 Å². The van der Waals surface area contributed by atoms with E-state index in [9.17, 15) is 8.78 Å². The number of hydrogen-bond donors (Lipinski definition) is 1. The summed E-state index contributed by atoms with van der Waals surface area (Å²) in [4.78, 5) is 6.27. The summed E-state index contributed by atoms with van der Waals surface area (Å²) in [7, 11) is 0. The van der Waals surface area contributed by atoms with Crippen molar-refractivity contribution in [1.82, 2.24) is 4.90 Å². The van der Waals surface area contributed by atoms with Gasteiger partial charge < -0.3 is 5.32 Å². The Bertz CT molecular complexity index is 764. The summed E-state index contributed by atoms with van der Waals surface area (Å²) < 4.78 is 26.5. The summed E-state index contributed by atoms with van der Waals surface area (Å²) in [6, 6.07) is 12.2. The van der Waals surface area contributed by atoms with Crippen LogP contribution in [0.1, 0.15) is 0 Å². The minimum Gasteiger partial charge on any atom is -0.332 e. The lowest BCUT2D eigenvalue weighted by Crippen LogP contribution is -2.35. The molecule has 1 aliphatic rings. The Morgan fingerprint density at radius 3 is 2.61 bits per heavy atom. The molecule has 0 atom stereocenters. The van der Waals surface area contributed by atoms with Crippen molar-refractivity contribution in [2.45, 2.75) is 0 Å². The van der Waals surface area contributed by atoms with Crippen molar-refractivity contribution in [1.29, 1.82) is 0 Å². The molecule has 3 rings (SSSR count). The highest BCUT2D eigenvalue weighted by atomic mass is 32.2. The zero-order valence-electron chi connectivity index (χ0n) is 12.0. The lowest BCUT2D eigenvalue weighted by atomic mass is 10.3. The molecule has 1 saturated heterocycles. The van der Waals surface area contributed by atoms with Gasteiger partial charge in [0.2, 0.25) is 0 Å². The summed E-state index contributed by atoms with van der Waals surface area (Å²) in [6.45, 7) is 0.694. The zero-order valence-corrected chi connectivity index (χ0v) is 13.6. The number of aliphatic imine (C=N–C) groups is 1. The van der Waals surface area contributed by atoms with E-state index < -0.39 is 0 Å². The van der Waals surface area contributed by atoms with Gasteiger partial charge in [-0.3, -0.25) is 4.90 Å². The van der Waals surface area contributed by atoms with Gasteiger partial charge in [-0.1, -0.05) is 23.9 Å². The maximum absolute atomic E-state index is 13.3. The van der Waals surface area contributed by atoms with Gasteiger partial charge in [-0.25, -0.2) is 13.8 Å². The second kappa shape index (κ2) is 7.06. The van der Waals surface area contributed by atoms with E-state index in [1.54, 1.807) is 36.0 Å². The first-order chi connectivity index (χ1) is 11.1. The van der Waals surface area contributed by atoms with E-state index in [-0.39, 0.29) is 11.6 Å². The molecule has 1 N–H and O–H groups in total. The quantitative estimate of drug-likeness (QED) is 0.814. The van der Waals surface area contributed by atoms with Crippen LogP contribution in [0.15, 0.2) is 53.5 Å². The second-order valence-electron chi connectivity index (χ2n) is 4.81. The number of anilines is 1. The maximum Gasteiger partial charge on any atom is 0.179 e. The lowest BCUT2D eigenvalue weighted by molar-refractivity contribution is 0.628. The topological polar surface area (TPSA) is 27.6 Å². The van der Waals surface area contributed by atoms with Crippen molar-refractivity contribution in [3.05, 3.63) is 60.2 Å². The predicted molar refractivity (Wildman–Crippen MR) is 95.3 cm³/mol. The molecule has 0 spiro atoms. The van der Waals surface area contributed by atoms with Gasteiger partial charge in [0.1, 0.15) is 11.6 Å². The van der Waals surface area contributed by atoms with Crippen LogP contribution in [-0.2, 0) is 0 Å². The van der Waals surface area contributed by atoms with Crippen molar-refractivity contribution in [3.63, 3.8) is 0 Å². The fourth-order valence-corrected chi connectivity index (χ4v) is 3.41. The third kappa shape index (κ3) is 4.05. The largest absolute Gasteiger partial charge is 0.332 e. The lowest BCUT2D eigenvalue weighted by Gasteiger charge is -2.20. The van der Waals surface area contributed by atoms with Gasteiger partial charge in [-0.05, 0) is 48.6 Å². The highest BCUT2D eigenvalue weighted by Crippen LogP contribution is 2.24. The smallest absolute Gasteiger partial charge is 0.179 e. The average molecular weight is 349 g/mol.